The van der Waals surface area contributed by atoms with Crippen LogP contribution in [0.5, 0.6) is 0 Å². The van der Waals surface area contributed by atoms with Gasteiger partial charge in [-0.3, -0.25) is 0 Å². The Morgan fingerprint density at radius 1 is 1.06 bits per heavy atom. The van der Waals surface area contributed by atoms with Crippen molar-refractivity contribution < 1.29 is 4.74 Å². The first-order valence-corrected chi connectivity index (χ1v) is 7.73. The van der Waals surface area contributed by atoms with Crippen molar-refractivity contribution in [3.8, 4) is 0 Å². The Bertz CT molecular complexity index is 237. The first kappa shape index (κ1) is 14.3. The monoisotopic (exact) mass is 254 g/mol. The molecule has 2 rings (SSSR count). The highest BCUT2D eigenvalue weighted by molar-refractivity contribution is 4.87. The van der Waals surface area contributed by atoms with Crippen molar-refractivity contribution >= 4 is 0 Å². The molecule has 2 atom stereocenters. The number of piperidine rings is 1. The zero-order valence-corrected chi connectivity index (χ0v) is 12.3. The van der Waals surface area contributed by atoms with Crippen LogP contribution in [0.1, 0.15) is 52.4 Å². The largest absolute Gasteiger partial charge is 0.380 e. The fraction of sp³-hybridized carbons (Fsp3) is 1.00. The molecular weight excluding hydrogens is 224 g/mol. The van der Waals surface area contributed by atoms with Crippen LogP contribution in [0.3, 0.4) is 0 Å². The molecule has 1 N–H and O–H groups in total. The smallest absolute Gasteiger partial charge is 0.0724 e. The van der Waals surface area contributed by atoms with E-state index in [9.17, 15) is 0 Å². The molecule has 1 saturated heterocycles. The lowest BCUT2D eigenvalue weighted by atomic mass is 9.90. The van der Waals surface area contributed by atoms with Crippen LogP contribution < -0.4 is 5.32 Å². The molecule has 0 amide bonds. The maximum absolute atomic E-state index is 5.63. The van der Waals surface area contributed by atoms with Crippen molar-refractivity contribution in [2.75, 3.05) is 20.2 Å². The van der Waals surface area contributed by atoms with Crippen molar-refractivity contribution in [1.29, 1.82) is 0 Å². The summed E-state index contributed by atoms with van der Waals surface area (Å²) >= 11 is 0. The first-order chi connectivity index (χ1) is 8.70. The summed E-state index contributed by atoms with van der Waals surface area (Å²) in [4.78, 5) is 2.59. The van der Waals surface area contributed by atoms with Crippen LogP contribution in [0.4, 0.5) is 0 Å². The van der Waals surface area contributed by atoms with Crippen molar-refractivity contribution in [3.05, 3.63) is 0 Å². The number of likely N-dealkylation sites (tertiary alicyclic amines) is 1. The molecule has 0 aromatic carbocycles. The maximum atomic E-state index is 5.63. The zero-order chi connectivity index (χ0) is 13.0. The van der Waals surface area contributed by atoms with E-state index in [-0.39, 0.29) is 0 Å². The predicted molar refractivity (Wildman–Crippen MR) is 75.9 cm³/mol. The molecule has 2 unspecified atom stereocenters. The highest BCUT2D eigenvalue weighted by Crippen LogP contribution is 2.23. The minimum absolute atomic E-state index is 0.446. The zero-order valence-electron chi connectivity index (χ0n) is 12.3. The van der Waals surface area contributed by atoms with Gasteiger partial charge in [0.2, 0.25) is 0 Å². The third-order valence-electron chi connectivity index (χ3n) is 4.71. The molecule has 1 saturated carbocycles. The van der Waals surface area contributed by atoms with E-state index in [0.29, 0.717) is 24.2 Å². The number of hydrogen-bond acceptors (Lipinski definition) is 3. The molecule has 0 radical (unpaired) electrons. The molecule has 0 bridgehead atoms. The Labute approximate surface area is 112 Å². The van der Waals surface area contributed by atoms with Gasteiger partial charge in [0.25, 0.3) is 0 Å². The van der Waals surface area contributed by atoms with Gasteiger partial charge >= 0.3 is 0 Å². The predicted octanol–water partition coefficient (Wildman–Crippen LogP) is 2.41. The number of rotatable bonds is 4. The second-order valence-corrected chi connectivity index (χ2v) is 6.24. The quantitative estimate of drug-likeness (QED) is 0.834. The van der Waals surface area contributed by atoms with Crippen LogP contribution in [0.25, 0.3) is 0 Å². The number of methoxy groups -OCH3 is 1. The van der Waals surface area contributed by atoms with Gasteiger partial charge < -0.3 is 15.0 Å². The molecule has 0 aromatic rings. The van der Waals surface area contributed by atoms with Gasteiger partial charge in [0.05, 0.1) is 6.10 Å². The SMILES string of the molecule is COC1CCCCC1NC1CCN(C(C)C)CC1. The summed E-state index contributed by atoms with van der Waals surface area (Å²) in [5.74, 6) is 0. The minimum atomic E-state index is 0.446. The van der Waals surface area contributed by atoms with Gasteiger partial charge in [-0.25, -0.2) is 0 Å². The van der Waals surface area contributed by atoms with Gasteiger partial charge in [-0.1, -0.05) is 12.8 Å². The van der Waals surface area contributed by atoms with Crippen LogP contribution in [-0.4, -0.2) is 49.3 Å². The molecule has 1 aliphatic heterocycles. The summed E-state index contributed by atoms with van der Waals surface area (Å²) in [6.45, 7) is 7.10. The van der Waals surface area contributed by atoms with E-state index in [1.807, 2.05) is 7.11 Å². The number of nitrogens with zero attached hydrogens (tertiary/aromatic N) is 1. The Morgan fingerprint density at radius 3 is 2.33 bits per heavy atom. The van der Waals surface area contributed by atoms with Crippen LogP contribution >= 0.6 is 0 Å². The summed E-state index contributed by atoms with van der Waals surface area (Å²) in [6, 6.07) is 2.01. The third kappa shape index (κ3) is 3.69. The van der Waals surface area contributed by atoms with Gasteiger partial charge in [0.1, 0.15) is 0 Å². The van der Waals surface area contributed by atoms with Crippen LogP contribution in [0, 0.1) is 0 Å². The van der Waals surface area contributed by atoms with Crippen molar-refractivity contribution in [1.82, 2.24) is 10.2 Å². The average Bonchev–Trinajstić information content (AvgIpc) is 2.40. The van der Waals surface area contributed by atoms with Crippen molar-refractivity contribution in [2.24, 2.45) is 0 Å². The highest BCUT2D eigenvalue weighted by atomic mass is 16.5. The second kappa shape index (κ2) is 6.88. The molecule has 1 aliphatic carbocycles. The molecule has 18 heavy (non-hydrogen) atoms. The lowest BCUT2D eigenvalue weighted by Crippen LogP contribution is -2.52. The molecule has 0 aromatic heterocycles. The van der Waals surface area contributed by atoms with Crippen molar-refractivity contribution in [2.45, 2.75) is 76.6 Å². The normalized spacial score (nSPS) is 32.0. The van der Waals surface area contributed by atoms with Gasteiger partial charge in [-0.05, 0) is 52.6 Å². The fourth-order valence-corrected chi connectivity index (χ4v) is 3.45. The molecule has 0 spiro atoms. The number of ether oxygens (including phenoxy) is 1. The van der Waals surface area contributed by atoms with E-state index in [1.165, 1.54) is 51.6 Å². The van der Waals surface area contributed by atoms with Crippen LogP contribution in [-0.2, 0) is 4.74 Å². The molecule has 3 heteroatoms. The second-order valence-electron chi connectivity index (χ2n) is 6.24. The Morgan fingerprint density at radius 2 is 1.72 bits per heavy atom. The number of nitrogens with one attached hydrogen (secondary N) is 1. The van der Waals surface area contributed by atoms with E-state index in [1.54, 1.807) is 0 Å². The van der Waals surface area contributed by atoms with Gasteiger partial charge in [-0.15, -0.1) is 0 Å². The number of hydrogen-bond donors (Lipinski definition) is 1. The summed E-state index contributed by atoms with van der Waals surface area (Å²) in [6.07, 6.45) is 8.27. The summed E-state index contributed by atoms with van der Waals surface area (Å²) in [5.41, 5.74) is 0. The Balaban J connectivity index is 1.76. The van der Waals surface area contributed by atoms with Crippen LogP contribution in [0.15, 0.2) is 0 Å². The highest BCUT2D eigenvalue weighted by Gasteiger charge is 2.28. The summed E-state index contributed by atoms with van der Waals surface area (Å²) in [5, 5.41) is 3.87. The van der Waals surface area contributed by atoms with E-state index in [0.717, 1.165) is 0 Å². The molecule has 3 nitrogen and oxygen atoms in total. The van der Waals surface area contributed by atoms with Crippen LogP contribution in [0.2, 0.25) is 0 Å². The van der Waals surface area contributed by atoms with Crippen molar-refractivity contribution in [3.63, 3.8) is 0 Å². The summed E-state index contributed by atoms with van der Waals surface area (Å²) < 4.78 is 5.63. The van der Waals surface area contributed by atoms with Gasteiger partial charge in [-0.2, -0.15) is 0 Å². The third-order valence-corrected chi connectivity index (χ3v) is 4.71. The lowest BCUT2D eigenvalue weighted by Gasteiger charge is -2.39. The fourth-order valence-electron chi connectivity index (χ4n) is 3.45. The molecule has 2 fully saturated rings. The lowest BCUT2D eigenvalue weighted by molar-refractivity contribution is 0.0326. The minimum Gasteiger partial charge on any atom is -0.380 e. The standard InChI is InChI=1S/C15H30N2O/c1-12(2)17-10-8-13(9-11-17)16-14-6-4-5-7-15(14)18-3/h12-16H,4-11H2,1-3H3. The van der Waals surface area contributed by atoms with E-state index < -0.39 is 0 Å². The topological polar surface area (TPSA) is 24.5 Å². The van der Waals surface area contributed by atoms with E-state index >= 15 is 0 Å². The molecule has 2 aliphatic rings. The molecule has 106 valence electrons. The van der Waals surface area contributed by atoms with E-state index in [2.05, 4.69) is 24.1 Å². The molecular formula is C15H30N2O. The maximum Gasteiger partial charge on any atom is 0.0724 e. The average molecular weight is 254 g/mol. The Kier molecular flexibility index (Phi) is 5.46. The summed E-state index contributed by atoms with van der Waals surface area (Å²) in [7, 11) is 1.87. The first-order valence-electron chi connectivity index (χ1n) is 7.73. The Hall–Kier alpha value is -0.120. The van der Waals surface area contributed by atoms with Gasteiger partial charge in [0, 0.05) is 25.2 Å². The molecule has 1 heterocycles. The van der Waals surface area contributed by atoms with Gasteiger partial charge in [0.15, 0.2) is 0 Å². The van der Waals surface area contributed by atoms with E-state index in [4.69, 9.17) is 4.74 Å².